The highest BCUT2D eigenvalue weighted by Gasteiger charge is 2.34. The third-order valence-electron chi connectivity index (χ3n) is 4.76. The highest BCUT2D eigenvalue weighted by Crippen LogP contribution is 2.27. The Morgan fingerprint density at radius 3 is 2.46 bits per heavy atom. The maximum absolute atomic E-state index is 12.6. The number of hydrogen-bond donors (Lipinski definition) is 2. The van der Waals surface area contributed by atoms with E-state index in [1.54, 1.807) is 30.3 Å². The fraction of sp³-hybridized carbons (Fsp3) is 0.421. The van der Waals surface area contributed by atoms with E-state index < -0.39 is 17.8 Å². The second-order valence-corrected chi connectivity index (χ2v) is 7.69. The fourth-order valence-corrected chi connectivity index (χ4v) is 4.19. The highest BCUT2D eigenvalue weighted by atomic mass is 32.2. The van der Waals surface area contributed by atoms with E-state index in [4.69, 9.17) is 0 Å². The molecule has 1 saturated heterocycles. The van der Waals surface area contributed by atoms with Crippen molar-refractivity contribution in [1.82, 2.24) is 4.90 Å². The van der Waals surface area contributed by atoms with Gasteiger partial charge in [0.2, 0.25) is 5.91 Å². The largest absolute Gasteiger partial charge is 0.481 e. The van der Waals surface area contributed by atoms with Gasteiger partial charge in [-0.15, -0.1) is 0 Å². The molecule has 1 aliphatic heterocycles. The Labute approximate surface area is 156 Å². The molecule has 6 nitrogen and oxygen atoms in total. The predicted octanol–water partition coefficient (Wildman–Crippen LogP) is 2.48. The van der Waals surface area contributed by atoms with Gasteiger partial charge in [-0.1, -0.05) is 18.2 Å². The van der Waals surface area contributed by atoms with Crippen molar-refractivity contribution >= 4 is 35.2 Å². The number of aliphatic carboxylic acids is 1. The molecule has 138 valence electrons. The number of anilines is 1. The number of thioether (sulfide) groups is 1. The number of nitrogens with zero attached hydrogens (tertiary/aromatic N) is 1. The average Bonchev–Trinajstić information content (AvgIpc) is 2.68. The summed E-state index contributed by atoms with van der Waals surface area (Å²) >= 11 is 1.84. The quantitative estimate of drug-likeness (QED) is 0.791. The third-order valence-corrected chi connectivity index (χ3v) is 5.70. The lowest BCUT2D eigenvalue weighted by Crippen LogP contribution is -2.38. The first kappa shape index (κ1) is 18.5. The first-order valence-corrected chi connectivity index (χ1v) is 9.87. The maximum atomic E-state index is 12.6. The second-order valence-electron chi connectivity index (χ2n) is 6.47. The summed E-state index contributed by atoms with van der Waals surface area (Å²) in [6.07, 6.45) is 4.42. The van der Waals surface area contributed by atoms with Crippen molar-refractivity contribution in [1.29, 1.82) is 0 Å². The molecule has 2 atom stereocenters. The molecule has 0 saturated carbocycles. The molecule has 0 bridgehead atoms. The van der Waals surface area contributed by atoms with Crippen LogP contribution in [0.4, 0.5) is 5.69 Å². The van der Waals surface area contributed by atoms with E-state index in [1.165, 1.54) is 0 Å². The molecule has 1 heterocycles. The minimum atomic E-state index is -0.957. The van der Waals surface area contributed by atoms with Crippen molar-refractivity contribution in [2.75, 3.05) is 29.9 Å². The van der Waals surface area contributed by atoms with E-state index in [0.717, 1.165) is 24.6 Å². The molecule has 0 aromatic heterocycles. The predicted molar refractivity (Wildman–Crippen MR) is 101 cm³/mol. The molecular formula is C19H22N2O4S. The minimum absolute atomic E-state index is 0.0367. The first-order chi connectivity index (χ1) is 12.6. The van der Waals surface area contributed by atoms with Crippen molar-refractivity contribution in [2.45, 2.75) is 12.8 Å². The van der Waals surface area contributed by atoms with Gasteiger partial charge in [0, 0.05) is 35.8 Å². The summed E-state index contributed by atoms with van der Waals surface area (Å²) in [5.41, 5.74) is 1.05. The standard InChI is InChI=1S/C19H22N2O4S/c22-17(15-6-1-2-7-16(15)19(24)25)20-14-5-3-4-13(12-14)18(23)21-8-10-26-11-9-21/h1-5,12,15-16H,6-11H2,(H,20,22)(H,24,25)/t15-,16+/m0/s1. The smallest absolute Gasteiger partial charge is 0.307 e. The Hall–Kier alpha value is -2.28. The van der Waals surface area contributed by atoms with Gasteiger partial charge in [0.25, 0.3) is 5.91 Å². The Morgan fingerprint density at radius 1 is 1.08 bits per heavy atom. The lowest BCUT2D eigenvalue weighted by atomic mass is 9.82. The van der Waals surface area contributed by atoms with Crippen LogP contribution in [0.5, 0.6) is 0 Å². The van der Waals surface area contributed by atoms with Gasteiger partial charge >= 0.3 is 5.97 Å². The van der Waals surface area contributed by atoms with Crippen molar-refractivity contribution in [3.8, 4) is 0 Å². The van der Waals surface area contributed by atoms with E-state index in [-0.39, 0.29) is 11.8 Å². The Kier molecular flexibility index (Phi) is 5.98. The van der Waals surface area contributed by atoms with Crippen LogP contribution in [0.3, 0.4) is 0 Å². The van der Waals surface area contributed by atoms with Crippen LogP contribution in [-0.2, 0) is 9.59 Å². The number of rotatable bonds is 4. The molecule has 2 N–H and O–H groups in total. The van der Waals surface area contributed by atoms with Gasteiger partial charge in [-0.3, -0.25) is 14.4 Å². The molecule has 2 amide bonds. The number of nitrogens with one attached hydrogen (secondary N) is 1. The zero-order valence-corrected chi connectivity index (χ0v) is 15.2. The minimum Gasteiger partial charge on any atom is -0.481 e. The molecule has 1 fully saturated rings. The lowest BCUT2D eigenvalue weighted by Gasteiger charge is -2.27. The van der Waals surface area contributed by atoms with Gasteiger partial charge in [-0.25, -0.2) is 0 Å². The fourth-order valence-electron chi connectivity index (χ4n) is 3.29. The molecule has 26 heavy (non-hydrogen) atoms. The lowest BCUT2D eigenvalue weighted by molar-refractivity contribution is -0.146. The summed E-state index contributed by atoms with van der Waals surface area (Å²) in [6.45, 7) is 1.46. The summed E-state index contributed by atoms with van der Waals surface area (Å²) in [7, 11) is 0. The Balaban J connectivity index is 1.70. The van der Waals surface area contributed by atoms with Crippen LogP contribution in [0.15, 0.2) is 36.4 Å². The third kappa shape index (κ3) is 4.27. The number of allylic oxidation sites excluding steroid dienone is 2. The number of carboxylic acid groups (broad SMARTS) is 1. The zero-order valence-electron chi connectivity index (χ0n) is 14.4. The van der Waals surface area contributed by atoms with Gasteiger partial charge in [-0.05, 0) is 31.0 Å². The highest BCUT2D eigenvalue weighted by molar-refractivity contribution is 7.99. The number of amides is 2. The van der Waals surface area contributed by atoms with E-state index in [9.17, 15) is 19.5 Å². The number of benzene rings is 1. The van der Waals surface area contributed by atoms with Crippen LogP contribution in [0.2, 0.25) is 0 Å². The topological polar surface area (TPSA) is 86.7 Å². The molecule has 1 aliphatic carbocycles. The first-order valence-electron chi connectivity index (χ1n) is 8.72. The van der Waals surface area contributed by atoms with Crippen molar-refractivity contribution < 1.29 is 19.5 Å². The van der Waals surface area contributed by atoms with E-state index >= 15 is 0 Å². The van der Waals surface area contributed by atoms with Crippen LogP contribution in [0.25, 0.3) is 0 Å². The molecule has 3 rings (SSSR count). The summed E-state index contributed by atoms with van der Waals surface area (Å²) in [6, 6.07) is 6.85. The van der Waals surface area contributed by atoms with Gasteiger partial charge < -0.3 is 15.3 Å². The Bertz CT molecular complexity index is 728. The van der Waals surface area contributed by atoms with E-state index in [2.05, 4.69) is 5.32 Å². The average molecular weight is 374 g/mol. The summed E-state index contributed by atoms with van der Waals surface area (Å²) in [5.74, 6) is -0.749. The number of carboxylic acids is 1. The number of hydrogen-bond acceptors (Lipinski definition) is 4. The van der Waals surface area contributed by atoms with Crippen LogP contribution in [0, 0.1) is 11.8 Å². The van der Waals surface area contributed by atoms with Crippen molar-refractivity contribution in [3.63, 3.8) is 0 Å². The molecule has 0 unspecified atom stereocenters. The van der Waals surface area contributed by atoms with Crippen molar-refractivity contribution in [3.05, 3.63) is 42.0 Å². The second kappa shape index (κ2) is 8.40. The van der Waals surface area contributed by atoms with Gasteiger partial charge in [0.1, 0.15) is 0 Å². The molecule has 1 aromatic carbocycles. The van der Waals surface area contributed by atoms with Crippen LogP contribution < -0.4 is 5.32 Å². The number of carbonyl (C=O) groups excluding carboxylic acids is 2. The van der Waals surface area contributed by atoms with E-state index in [0.29, 0.717) is 24.1 Å². The monoisotopic (exact) mass is 374 g/mol. The Morgan fingerprint density at radius 2 is 1.77 bits per heavy atom. The van der Waals surface area contributed by atoms with Crippen molar-refractivity contribution in [2.24, 2.45) is 11.8 Å². The number of carbonyl (C=O) groups is 3. The molecular weight excluding hydrogens is 352 g/mol. The van der Waals surface area contributed by atoms with Gasteiger partial charge in [0.05, 0.1) is 11.8 Å². The van der Waals surface area contributed by atoms with Gasteiger partial charge in [-0.2, -0.15) is 11.8 Å². The molecule has 0 spiro atoms. The molecule has 7 heteroatoms. The maximum Gasteiger partial charge on any atom is 0.307 e. The summed E-state index contributed by atoms with van der Waals surface area (Å²) in [4.78, 5) is 38.4. The summed E-state index contributed by atoms with van der Waals surface area (Å²) < 4.78 is 0. The SMILES string of the molecule is O=C(Nc1cccc(C(=O)N2CCSCC2)c1)[C@H]1CC=CC[C@H]1C(=O)O. The van der Waals surface area contributed by atoms with Gasteiger partial charge in [0.15, 0.2) is 0 Å². The molecule has 0 radical (unpaired) electrons. The molecule has 1 aromatic rings. The van der Waals surface area contributed by atoms with Crippen LogP contribution in [0.1, 0.15) is 23.2 Å². The summed E-state index contributed by atoms with van der Waals surface area (Å²) in [5, 5.41) is 12.1. The van der Waals surface area contributed by atoms with Crippen LogP contribution in [-0.4, -0.2) is 52.4 Å². The van der Waals surface area contributed by atoms with E-state index in [1.807, 2.05) is 22.7 Å². The van der Waals surface area contributed by atoms with Crippen LogP contribution >= 0.6 is 11.8 Å². The normalized spacial score (nSPS) is 22.7. The molecule has 2 aliphatic rings. The zero-order chi connectivity index (χ0) is 18.5.